The Morgan fingerprint density at radius 3 is 2.29 bits per heavy atom. The molecule has 1 aromatic rings. The van der Waals surface area contributed by atoms with Crippen LogP contribution >= 0.6 is 0 Å². The van der Waals surface area contributed by atoms with Crippen LogP contribution in [0, 0.1) is 0 Å². The van der Waals surface area contributed by atoms with E-state index >= 15 is 0 Å². The smallest absolute Gasteiger partial charge is 0.251 e. The molecule has 0 aliphatic heterocycles. The number of hydrogen-bond donors (Lipinski definition) is 2. The van der Waals surface area contributed by atoms with E-state index in [1.807, 2.05) is 0 Å². The molecule has 0 heterocycles. The molecule has 21 heavy (non-hydrogen) atoms. The summed E-state index contributed by atoms with van der Waals surface area (Å²) in [6, 6.07) is 6.68. The first-order chi connectivity index (χ1) is 9.84. The SMILES string of the molecule is CS(=O)(=O)Cc1ccc(C(=O)NC2(CN)CCCC2)cc1. The van der Waals surface area contributed by atoms with Gasteiger partial charge in [0.1, 0.15) is 0 Å². The van der Waals surface area contributed by atoms with Gasteiger partial charge in [0.2, 0.25) is 0 Å². The van der Waals surface area contributed by atoms with Crippen LogP contribution in [0.1, 0.15) is 41.6 Å². The fourth-order valence-electron chi connectivity index (χ4n) is 2.80. The van der Waals surface area contributed by atoms with Gasteiger partial charge in [-0.05, 0) is 30.5 Å². The Kier molecular flexibility index (Phi) is 4.68. The molecule has 3 N–H and O–H groups in total. The second kappa shape index (κ2) is 6.15. The highest BCUT2D eigenvalue weighted by molar-refractivity contribution is 7.89. The molecule has 1 amide bonds. The summed E-state index contributed by atoms with van der Waals surface area (Å²) >= 11 is 0. The molecule has 0 bridgehead atoms. The minimum absolute atomic E-state index is 0.0123. The van der Waals surface area contributed by atoms with Gasteiger partial charge >= 0.3 is 0 Å². The van der Waals surface area contributed by atoms with Crippen molar-refractivity contribution in [3.63, 3.8) is 0 Å². The van der Waals surface area contributed by atoms with Gasteiger partial charge in [-0.1, -0.05) is 25.0 Å². The number of amides is 1. The van der Waals surface area contributed by atoms with Crippen molar-refractivity contribution in [2.24, 2.45) is 5.73 Å². The van der Waals surface area contributed by atoms with E-state index in [2.05, 4.69) is 5.32 Å². The van der Waals surface area contributed by atoms with Crippen molar-refractivity contribution in [2.75, 3.05) is 12.8 Å². The van der Waals surface area contributed by atoms with Crippen molar-refractivity contribution in [3.8, 4) is 0 Å². The lowest BCUT2D eigenvalue weighted by atomic mass is 9.97. The zero-order chi connectivity index (χ0) is 15.5. The summed E-state index contributed by atoms with van der Waals surface area (Å²) in [4.78, 5) is 12.3. The molecule has 1 aromatic carbocycles. The number of benzene rings is 1. The summed E-state index contributed by atoms with van der Waals surface area (Å²) in [5, 5.41) is 3.04. The normalized spacial score (nSPS) is 17.6. The van der Waals surface area contributed by atoms with Crippen LogP contribution in [-0.4, -0.2) is 32.7 Å². The maximum Gasteiger partial charge on any atom is 0.251 e. The first-order valence-electron chi connectivity index (χ1n) is 7.13. The first-order valence-corrected chi connectivity index (χ1v) is 9.19. The molecule has 2 rings (SSSR count). The van der Waals surface area contributed by atoms with E-state index in [9.17, 15) is 13.2 Å². The number of rotatable bonds is 5. The maximum atomic E-state index is 12.3. The van der Waals surface area contributed by atoms with Crippen molar-refractivity contribution in [2.45, 2.75) is 37.0 Å². The second-order valence-corrected chi connectivity index (χ2v) is 8.05. The Morgan fingerprint density at radius 1 is 1.24 bits per heavy atom. The molecule has 1 saturated carbocycles. The van der Waals surface area contributed by atoms with Crippen molar-refractivity contribution in [3.05, 3.63) is 35.4 Å². The van der Waals surface area contributed by atoms with Crippen LogP contribution in [0.5, 0.6) is 0 Å². The number of nitrogens with two attached hydrogens (primary N) is 1. The van der Waals surface area contributed by atoms with Gasteiger partial charge in [0.25, 0.3) is 5.91 Å². The zero-order valence-electron chi connectivity index (χ0n) is 12.3. The molecule has 1 fully saturated rings. The molecule has 0 spiro atoms. The number of hydrogen-bond acceptors (Lipinski definition) is 4. The van der Waals surface area contributed by atoms with Crippen LogP contribution in [-0.2, 0) is 15.6 Å². The van der Waals surface area contributed by atoms with Gasteiger partial charge in [0, 0.05) is 18.4 Å². The van der Waals surface area contributed by atoms with Crippen LogP contribution in [0.4, 0.5) is 0 Å². The standard InChI is InChI=1S/C15H22N2O3S/c1-21(19,20)10-12-4-6-13(7-5-12)14(18)17-15(11-16)8-2-3-9-15/h4-7H,2-3,8-11,16H2,1H3,(H,17,18). The zero-order valence-corrected chi connectivity index (χ0v) is 13.1. The molecule has 0 unspecified atom stereocenters. The van der Waals surface area contributed by atoms with Gasteiger partial charge in [0.15, 0.2) is 9.84 Å². The van der Waals surface area contributed by atoms with Gasteiger partial charge < -0.3 is 11.1 Å². The lowest BCUT2D eigenvalue weighted by molar-refractivity contribution is 0.0903. The Hall–Kier alpha value is -1.40. The van der Waals surface area contributed by atoms with Crippen molar-refractivity contribution >= 4 is 15.7 Å². The van der Waals surface area contributed by atoms with Crippen LogP contribution < -0.4 is 11.1 Å². The van der Waals surface area contributed by atoms with E-state index in [1.54, 1.807) is 24.3 Å². The topological polar surface area (TPSA) is 89.3 Å². The summed E-state index contributed by atoms with van der Waals surface area (Å²) in [6.07, 6.45) is 5.21. The lowest BCUT2D eigenvalue weighted by Gasteiger charge is -2.28. The highest BCUT2D eigenvalue weighted by Crippen LogP contribution is 2.28. The second-order valence-electron chi connectivity index (χ2n) is 5.91. The number of sulfone groups is 1. The molecule has 5 nitrogen and oxygen atoms in total. The average molecular weight is 310 g/mol. The lowest BCUT2D eigenvalue weighted by Crippen LogP contribution is -2.51. The Bertz CT molecular complexity index is 602. The van der Waals surface area contributed by atoms with E-state index < -0.39 is 9.84 Å². The van der Waals surface area contributed by atoms with Gasteiger partial charge in [-0.15, -0.1) is 0 Å². The summed E-state index contributed by atoms with van der Waals surface area (Å²) in [5.41, 5.74) is 6.75. The van der Waals surface area contributed by atoms with E-state index in [-0.39, 0.29) is 17.2 Å². The number of carbonyl (C=O) groups is 1. The summed E-state index contributed by atoms with van der Waals surface area (Å²) in [6.45, 7) is 0.449. The van der Waals surface area contributed by atoms with Crippen molar-refractivity contribution in [1.82, 2.24) is 5.32 Å². The summed E-state index contributed by atoms with van der Waals surface area (Å²) in [7, 11) is -3.06. The van der Waals surface area contributed by atoms with Crippen LogP contribution in [0.3, 0.4) is 0 Å². The fourth-order valence-corrected chi connectivity index (χ4v) is 3.60. The summed E-state index contributed by atoms with van der Waals surface area (Å²) < 4.78 is 22.5. The molecule has 6 heteroatoms. The van der Waals surface area contributed by atoms with Gasteiger partial charge in [-0.3, -0.25) is 4.79 Å². The quantitative estimate of drug-likeness (QED) is 0.856. The number of nitrogens with one attached hydrogen (secondary N) is 1. The predicted octanol–water partition coefficient (Wildman–Crippen LogP) is 1.23. The highest BCUT2D eigenvalue weighted by Gasteiger charge is 2.33. The molecule has 0 radical (unpaired) electrons. The van der Waals surface area contributed by atoms with Gasteiger partial charge in [-0.25, -0.2) is 8.42 Å². The highest BCUT2D eigenvalue weighted by atomic mass is 32.2. The monoisotopic (exact) mass is 310 g/mol. The minimum Gasteiger partial charge on any atom is -0.345 e. The molecule has 1 aliphatic rings. The van der Waals surface area contributed by atoms with Gasteiger partial charge in [-0.2, -0.15) is 0 Å². The molecular formula is C15H22N2O3S. The van der Waals surface area contributed by atoms with Crippen molar-refractivity contribution < 1.29 is 13.2 Å². The third-order valence-corrected chi connectivity index (χ3v) is 4.83. The fraction of sp³-hybridized carbons (Fsp3) is 0.533. The molecule has 0 aromatic heterocycles. The third kappa shape index (κ3) is 4.28. The van der Waals surface area contributed by atoms with Crippen LogP contribution in [0.25, 0.3) is 0 Å². The summed E-state index contributed by atoms with van der Waals surface area (Å²) in [5.74, 6) is -0.157. The van der Waals surface area contributed by atoms with E-state index in [0.717, 1.165) is 25.7 Å². The first kappa shape index (κ1) is 16.0. The van der Waals surface area contributed by atoms with E-state index in [4.69, 9.17) is 5.73 Å². The largest absolute Gasteiger partial charge is 0.345 e. The Morgan fingerprint density at radius 2 is 1.81 bits per heavy atom. The molecule has 116 valence electrons. The number of carbonyl (C=O) groups excluding carboxylic acids is 1. The predicted molar refractivity (Wildman–Crippen MR) is 82.7 cm³/mol. The Labute approximate surface area is 125 Å². The van der Waals surface area contributed by atoms with Crippen molar-refractivity contribution in [1.29, 1.82) is 0 Å². The Balaban J connectivity index is 2.06. The van der Waals surface area contributed by atoms with Crippen LogP contribution in [0.15, 0.2) is 24.3 Å². The third-order valence-electron chi connectivity index (χ3n) is 3.98. The van der Waals surface area contributed by atoms with Gasteiger partial charge in [0.05, 0.1) is 11.3 Å². The molecule has 0 saturated heterocycles. The maximum absolute atomic E-state index is 12.3. The average Bonchev–Trinajstić information content (AvgIpc) is 2.87. The minimum atomic E-state index is -3.06. The molecule has 0 atom stereocenters. The molecule has 1 aliphatic carbocycles. The van der Waals surface area contributed by atoms with E-state index in [1.165, 1.54) is 6.26 Å². The molecular weight excluding hydrogens is 288 g/mol. The van der Waals surface area contributed by atoms with E-state index in [0.29, 0.717) is 17.7 Å². The van der Waals surface area contributed by atoms with Crippen LogP contribution in [0.2, 0.25) is 0 Å².